The van der Waals surface area contributed by atoms with Crippen LogP contribution in [0.3, 0.4) is 0 Å². The Morgan fingerprint density at radius 2 is 0.750 bits per heavy atom. The van der Waals surface area contributed by atoms with Gasteiger partial charge in [0.2, 0.25) is 0 Å². The van der Waals surface area contributed by atoms with Crippen LogP contribution in [-0.2, 0) is 78.3 Å². The Morgan fingerprint density at radius 3 is 0.825 bits per heavy atom. The zero-order valence-electron chi connectivity index (χ0n) is 30.1. The Morgan fingerprint density at radius 1 is 0.525 bits per heavy atom. The molecule has 0 atom stereocenters. The van der Waals surface area contributed by atoms with E-state index in [1.54, 1.807) is 0 Å². The normalized spacial score (nSPS) is 8.45. The van der Waals surface area contributed by atoms with Gasteiger partial charge in [-0.1, -0.05) is 82.1 Å². The molecule has 0 radical (unpaired) electrons. The average Bonchev–Trinajstić information content (AvgIpc) is 2.81. The van der Waals surface area contributed by atoms with Crippen molar-refractivity contribution in [2.24, 2.45) is 23.7 Å². The molecular weight excluding hydrogens is 634 g/mol. The monoisotopic (exact) mass is 704 g/mol. The molecule has 0 unspecified atom stereocenters. The summed E-state index contributed by atoms with van der Waals surface area (Å²) < 4.78 is 0. The second kappa shape index (κ2) is 49.3. The Labute approximate surface area is 308 Å². The minimum absolute atomic E-state index is 0. The molecule has 40 heavy (non-hydrogen) atoms. The first-order valence-corrected chi connectivity index (χ1v) is 14.3. The van der Waals surface area contributed by atoms with Crippen molar-refractivity contribution in [3.8, 4) is 0 Å². The molecule has 0 aromatic heterocycles. The maximum Gasteiger partial charge on any atom is 3.00 e. The molecule has 0 aliphatic rings. The van der Waals surface area contributed by atoms with Gasteiger partial charge in [-0.05, 0) is 36.5 Å². The van der Waals surface area contributed by atoms with Crippen LogP contribution in [0, 0.1) is 63.5 Å². The molecule has 0 spiro atoms. The molecule has 0 amide bonds. The van der Waals surface area contributed by atoms with Gasteiger partial charge in [0.15, 0.2) is 0 Å². The van der Waals surface area contributed by atoms with Gasteiger partial charge in [-0.25, -0.2) is 0 Å². The van der Waals surface area contributed by atoms with Crippen LogP contribution in [0.2, 0.25) is 0 Å². The van der Waals surface area contributed by atoms with Gasteiger partial charge in [-0.2, -0.15) is 99.5 Å². The molecule has 0 heterocycles. The van der Waals surface area contributed by atoms with Crippen molar-refractivity contribution in [1.82, 2.24) is 0 Å². The Balaban J connectivity index is -0.0000000518. The van der Waals surface area contributed by atoms with Crippen molar-refractivity contribution in [3.63, 3.8) is 0 Å². The van der Waals surface area contributed by atoms with E-state index in [9.17, 15) is 0 Å². The predicted molar refractivity (Wildman–Crippen MR) is 182 cm³/mol. The van der Waals surface area contributed by atoms with Gasteiger partial charge < -0.3 is 27.7 Å². The fraction of sp³-hybridized carbons (Fsp3) is 0.579. The first kappa shape index (κ1) is 59.9. The van der Waals surface area contributed by atoms with Gasteiger partial charge in [-0.15, -0.1) is 0 Å². The van der Waals surface area contributed by atoms with Crippen molar-refractivity contribution < 1.29 is 65.4 Å². The molecule has 0 bridgehead atoms. The van der Waals surface area contributed by atoms with E-state index in [1.165, 1.54) is 24.0 Å². The number of aryl methyl sites for hydroxylation is 2. The summed E-state index contributed by atoms with van der Waals surface area (Å²) in [7, 11) is 0. The molecule has 0 aliphatic carbocycles. The summed E-state index contributed by atoms with van der Waals surface area (Å²) in [5, 5.41) is 0. The third kappa shape index (κ3) is 66.7. The smallest absolute Gasteiger partial charge is 0.358 e. The van der Waals surface area contributed by atoms with Crippen LogP contribution in [0.4, 0.5) is 0 Å². The molecule has 2 heteroatoms. The van der Waals surface area contributed by atoms with E-state index in [0.717, 1.165) is 36.5 Å². The second-order valence-corrected chi connectivity index (χ2v) is 10.7. The van der Waals surface area contributed by atoms with Crippen LogP contribution in [0.1, 0.15) is 121 Å². The molecule has 0 N–H and O–H groups in total. The van der Waals surface area contributed by atoms with Crippen LogP contribution >= 0.6 is 0 Å². The number of rotatable bonds is 6. The van der Waals surface area contributed by atoms with Crippen molar-refractivity contribution in [2.75, 3.05) is 0 Å². The first-order chi connectivity index (χ1) is 16.9. The molecule has 0 saturated heterocycles. The maximum atomic E-state index is 3.12. The Hall–Kier alpha value is 0.648. The SMILES string of the molecule is CC(C)CC(C)C.CC(C)CC(C)C.CCc1[c-]cccc1.CCc1[c-]cccc1.C[CH-]C.C[CH-]C.[CH3-].[CH3-].[Y+3].[Y+3]. The zero-order valence-corrected chi connectivity index (χ0v) is 35.7. The first-order valence-electron chi connectivity index (χ1n) is 14.3. The van der Waals surface area contributed by atoms with Crippen LogP contribution < -0.4 is 0 Å². The molecular formula is C38H70Y2. The summed E-state index contributed by atoms with van der Waals surface area (Å²) in [5.74, 6) is 3.50. The zero-order chi connectivity index (χ0) is 28.8. The van der Waals surface area contributed by atoms with E-state index in [-0.39, 0.29) is 80.3 Å². The maximum absolute atomic E-state index is 3.12. The largest absolute Gasteiger partial charge is 3.00 e. The molecule has 0 nitrogen and oxygen atoms in total. The number of benzene rings is 2. The molecule has 0 saturated carbocycles. The van der Waals surface area contributed by atoms with Gasteiger partial charge in [0.05, 0.1) is 0 Å². The Bertz CT molecular complexity index is 522. The predicted octanol–water partition coefficient (Wildman–Crippen LogP) is 12.8. The summed E-state index contributed by atoms with van der Waals surface area (Å²) >= 11 is 0. The fourth-order valence-electron chi connectivity index (χ4n) is 3.19. The van der Waals surface area contributed by atoms with Gasteiger partial charge in [0.25, 0.3) is 0 Å². The summed E-state index contributed by atoms with van der Waals surface area (Å²) in [6, 6.07) is 22.3. The van der Waals surface area contributed by atoms with Crippen LogP contribution in [-0.4, -0.2) is 0 Å². The standard InChI is InChI=1S/2C8H9.2C7H16.2C3H7.2CH3.2Y/c2*1-2-8-6-4-3-5-7-8;2*1-6(2)5-7(3)4;2*1-3-2;;;;/h2*3-6H,2H2,1H3;2*6-7H,5H2,1-4H3;2*3H,1-2H3;2*1H3;;/q2*-1;;;4*-1;2*+3. The quantitative estimate of drug-likeness (QED) is 0.263. The molecule has 0 fully saturated rings. The van der Waals surface area contributed by atoms with E-state index in [2.05, 4.69) is 93.5 Å². The van der Waals surface area contributed by atoms with E-state index in [4.69, 9.17) is 0 Å². The molecule has 2 aromatic rings. The van der Waals surface area contributed by atoms with E-state index >= 15 is 0 Å². The summed E-state index contributed by atoms with van der Waals surface area (Å²) in [6.07, 6.45) is 8.89. The van der Waals surface area contributed by atoms with E-state index < -0.39 is 0 Å². The minimum atomic E-state index is 0. The second-order valence-electron chi connectivity index (χ2n) is 10.7. The van der Waals surface area contributed by atoms with Crippen molar-refractivity contribution >= 4 is 0 Å². The van der Waals surface area contributed by atoms with Crippen molar-refractivity contribution in [2.45, 2.75) is 123 Å². The minimum Gasteiger partial charge on any atom is -0.358 e. The number of hydrogen-bond donors (Lipinski definition) is 0. The third-order valence-corrected chi connectivity index (χ3v) is 4.19. The van der Waals surface area contributed by atoms with Gasteiger partial charge in [0.1, 0.15) is 0 Å². The summed E-state index contributed by atoms with van der Waals surface area (Å²) in [5.41, 5.74) is 2.57. The fourth-order valence-corrected chi connectivity index (χ4v) is 3.19. The van der Waals surface area contributed by atoms with E-state index in [0.29, 0.717) is 0 Å². The van der Waals surface area contributed by atoms with E-state index in [1.807, 2.05) is 76.9 Å². The number of hydrogen-bond acceptors (Lipinski definition) is 0. The topological polar surface area (TPSA) is 0 Å². The van der Waals surface area contributed by atoms with Crippen LogP contribution in [0.15, 0.2) is 48.5 Å². The molecule has 228 valence electrons. The summed E-state index contributed by atoms with van der Waals surface area (Å²) in [6.45, 7) is 30.4. The molecule has 2 rings (SSSR count). The molecule has 0 aliphatic heterocycles. The van der Waals surface area contributed by atoms with Crippen LogP contribution in [0.5, 0.6) is 0 Å². The third-order valence-electron chi connectivity index (χ3n) is 4.19. The van der Waals surface area contributed by atoms with Crippen molar-refractivity contribution in [1.29, 1.82) is 0 Å². The Kier molecular flexibility index (Phi) is 73.9. The van der Waals surface area contributed by atoms with Crippen LogP contribution in [0.25, 0.3) is 0 Å². The van der Waals surface area contributed by atoms with Gasteiger partial charge >= 0.3 is 65.4 Å². The average molecular weight is 705 g/mol. The van der Waals surface area contributed by atoms with Gasteiger partial charge in [0, 0.05) is 0 Å². The summed E-state index contributed by atoms with van der Waals surface area (Å²) in [4.78, 5) is 0. The molecule has 2 aromatic carbocycles. The van der Waals surface area contributed by atoms with Crippen molar-refractivity contribution in [3.05, 3.63) is 99.5 Å². The van der Waals surface area contributed by atoms with Gasteiger partial charge in [-0.3, -0.25) is 0 Å².